The van der Waals surface area contributed by atoms with Gasteiger partial charge in [0.05, 0.1) is 18.6 Å². The Morgan fingerprint density at radius 2 is 1.95 bits per heavy atom. The topological polar surface area (TPSA) is 39.1 Å². The van der Waals surface area contributed by atoms with Gasteiger partial charge in [-0.1, -0.05) is 0 Å². The van der Waals surface area contributed by atoms with Gasteiger partial charge in [-0.3, -0.25) is 0 Å². The van der Waals surface area contributed by atoms with Gasteiger partial charge in [0, 0.05) is 17.9 Å². The van der Waals surface area contributed by atoms with Gasteiger partial charge in [-0.2, -0.15) is 8.78 Å². The van der Waals surface area contributed by atoms with Crippen LogP contribution in [0.5, 0.6) is 5.75 Å². The molecule has 0 saturated heterocycles. The first-order valence-corrected chi connectivity index (χ1v) is 6.35. The zero-order valence-corrected chi connectivity index (χ0v) is 11.4. The number of nitrogens with zero attached hydrogens (tertiary/aromatic N) is 2. The highest BCUT2D eigenvalue weighted by atomic mass is 19.3. The van der Waals surface area contributed by atoms with Gasteiger partial charge in [0.15, 0.2) is 0 Å². The molecule has 0 spiro atoms. The number of hydrogen-bond acceptors (Lipinski definition) is 3. The molecule has 1 N–H and O–H groups in total. The van der Waals surface area contributed by atoms with Gasteiger partial charge < -0.3 is 14.6 Å². The quantitative estimate of drug-likeness (QED) is 0.878. The third-order valence-corrected chi connectivity index (χ3v) is 2.86. The lowest BCUT2D eigenvalue weighted by Crippen LogP contribution is -2.08. The van der Waals surface area contributed by atoms with Crippen molar-refractivity contribution in [1.82, 2.24) is 9.55 Å². The summed E-state index contributed by atoms with van der Waals surface area (Å²) in [5.41, 5.74) is 1.90. The minimum Gasteiger partial charge on any atom is -0.435 e. The maximum atomic E-state index is 12.0. The van der Waals surface area contributed by atoms with E-state index in [1.54, 1.807) is 24.7 Å². The fourth-order valence-corrected chi connectivity index (χ4v) is 1.88. The molecule has 0 bridgehead atoms. The Morgan fingerprint density at radius 1 is 1.25 bits per heavy atom. The second kappa shape index (κ2) is 6.36. The van der Waals surface area contributed by atoms with Gasteiger partial charge in [0.2, 0.25) is 0 Å². The van der Waals surface area contributed by atoms with E-state index in [0.717, 1.165) is 11.4 Å². The van der Waals surface area contributed by atoms with Crippen LogP contribution in [0.25, 0.3) is 0 Å². The molecule has 2 aromatic rings. The van der Waals surface area contributed by atoms with E-state index in [2.05, 4.69) is 33.5 Å². The molecule has 1 heterocycles. The summed E-state index contributed by atoms with van der Waals surface area (Å²) >= 11 is 0. The van der Waals surface area contributed by atoms with Crippen LogP contribution in [0.15, 0.2) is 36.8 Å². The van der Waals surface area contributed by atoms with Gasteiger partial charge in [0.1, 0.15) is 5.75 Å². The van der Waals surface area contributed by atoms with Crippen molar-refractivity contribution < 1.29 is 13.5 Å². The van der Waals surface area contributed by atoms with E-state index in [4.69, 9.17) is 0 Å². The number of aromatic nitrogens is 2. The lowest BCUT2D eigenvalue weighted by Gasteiger charge is -2.13. The van der Waals surface area contributed by atoms with Gasteiger partial charge in [-0.15, -0.1) is 0 Å². The van der Waals surface area contributed by atoms with Gasteiger partial charge in [-0.05, 0) is 38.1 Å². The van der Waals surface area contributed by atoms with Gasteiger partial charge >= 0.3 is 6.61 Å². The average molecular weight is 281 g/mol. The van der Waals surface area contributed by atoms with Crippen LogP contribution in [0.4, 0.5) is 14.5 Å². The van der Waals surface area contributed by atoms with Crippen LogP contribution in [0.1, 0.15) is 25.6 Å². The van der Waals surface area contributed by atoms with Crippen molar-refractivity contribution >= 4 is 5.69 Å². The van der Waals surface area contributed by atoms with E-state index in [1.165, 1.54) is 12.1 Å². The van der Waals surface area contributed by atoms with Crippen molar-refractivity contribution in [3.63, 3.8) is 0 Å². The Morgan fingerprint density at radius 3 is 2.55 bits per heavy atom. The fourth-order valence-electron chi connectivity index (χ4n) is 1.88. The Hall–Kier alpha value is -2.11. The largest absolute Gasteiger partial charge is 0.435 e. The first kappa shape index (κ1) is 14.3. The minimum absolute atomic E-state index is 0.151. The first-order valence-electron chi connectivity index (χ1n) is 6.35. The number of anilines is 1. The van der Waals surface area contributed by atoms with Crippen LogP contribution >= 0.6 is 0 Å². The van der Waals surface area contributed by atoms with Gasteiger partial charge in [-0.25, -0.2) is 4.98 Å². The summed E-state index contributed by atoms with van der Waals surface area (Å²) < 4.78 is 30.4. The van der Waals surface area contributed by atoms with Crippen LogP contribution in [0.2, 0.25) is 0 Å². The number of alkyl halides is 2. The zero-order chi connectivity index (χ0) is 14.5. The number of nitrogens with one attached hydrogen (secondary N) is 1. The highest BCUT2D eigenvalue weighted by Crippen LogP contribution is 2.18. The summed E-state index contributed by atoms with van der Waals surface area (Å²) in [6.07, 6.45) is 3.60. The fraction of sp³-hybridized carbons (Fsp3) is 0.357. The molecule has 2 rings (SSSR count). The van der Waals surface area contributed by atoms with Crippen molar-refractivity contribution in [1.29, 1.82) is 0 Å². The van der Waals surface area contributed by atoms with Crippen LogP contribution in [-0.4, -0.2) is 16.2 Å². The van der Waals surface area contributed by atoms with Crippen molar-refractivity contribution in [3.05, 3.63) is 42.5 Å². The maximum absolute atomic E-state index is 12.0. The van der Waals surface area contributed by atoms with E-state index in [0.29, 0.717) is 12.6 Å². The third-order valence-electron chi connectivity index (χ3n) is 2.86. The van der Waals surface area contributed by atoms with Crippen molar-refractivity contribution in [2.45, 2.75) is 33.0 Å². The lowest BCUT2D eigenvalue weighted by atomic mass is 10.3. The van der Waals surface area contributed by atoms with E-state index < -0.39 is 6.61 Å². The summed E-state index contributed by atoms with van der Waals surface area (Å²) in [4.78, 5) is 4.12. The van der Waals surface area contributed by atoms with E-state index >= 15 is 0 Å². The van der Waals surface area contributed by atoms with Crippen LogP contribution in [0, 0.1) is 0 Å². The molecule has 1 aromatic carbocycles. The molecule has 108 valence electrons. The molecule has 0 radical (unpaired) electrons. The Balaban J connectivity index is 1.95. The Kier molecular flexibility index (Phi) is 4.55. The second-order valence-electron chi connectivity index (χ2n) is 4.64. The Bertz CT molecular complexity index is 538. The summed E-state index contributed by atoms with van der Waals surface area (Å²) in [6, 6.07) is 6.76. The van der Waals surface area contributed by atoms with Gasteiger partial charge in [0.25, 0.3) is 0 Å². The highest BCUT2D eigenvalue weighted by molar-refractivity contribution is 5.46. The van der Waals surface area contributed by atoms with Crippen LogP contribution in [0.3, 0.4) is 0 Å². The van der Waals surface area contributed by atoms with E-state index in [1.807, 2.05) is 0 Å². The second-order valence-corrected chi connectivity index (χ2v) is 4.64. The summed E-state index contributed by atoms with van der Waals surface area (Å²) in [5.74, 6) is 0.151. The predicted molar refractivity (Wildman–Crippen MR) is 73.0 cm³/mol. The normalized spacial score (nSPS) is 11.1. The monoisotopic (exact) mass is 281 g/mol. The number of rotatable bonds is 6. The van der Waals surface area contributed by atoms with Crippen molar-refractivity contribution in [2.75, 3.05) is 5.32 Å². The molecular weight excluding hydrogens is 264 g/mol. The SMILES string of the molecule is CC(C)n1cncc1CNc1ccc(OC(F)F)cc1. The Labute approximate surface area is 116 Å². The smallest absolute Gasteiger partial charge is 0.387 e. The molecule has 0 aliphatic rings. The molecule has 0 aliphatic heterocycles. The summed E-state index contributed by atoms with van der Waals surface area (Å²) in [7, 11) is 0. The van der Waals surface area contributed by atoms with E-state index in [-0.39, 0.29) is 5.75 Å². The summed E-state index contributed by atoms with van der Waals surface area (Å²) in [5, 5.41) is 3.22. The predicted octanol–water partition coefficient (Wildman–Crippen LogP) is 3.68. The average Bonchev–Trinajstić information content (AvgIpc) is 2.86. The maximum Gasteiger partial charge on any atom is 0.387 e. The molecule has 0 fully saturated rings. The molecule has 20 heavy (non-hydrogen) atoms. The number of halogens is 2. The van der Waals surface area contributed by atoms with E-state index in [9.17, 15) is 8.78 Å². The van der Waals surface area contributed by atoms with Crippen molar-refractivity contribution in [2.24, 2.45) is 0 Å². The molecular formula is C14H17F2N3O. The number of hydrogen-bond donors (Lipinski definition) is 1. The van der Waals surface area contributed by atoms with Crippen molar-refractivity contribution in [3.8, 4) is 5.75 Å². The zero-order valence-electron chi connectivity index (χ0n) is 11.4. The molecule has 0 saturated carbocycles. The molecule has 0 unspecified atom stereocenters. The number of ether oxygens (including phenoxy) is 1. The molecule has 0 amide bonds. The number of benzene rings is 1. The summed E-state index contributed by atoms with van der Waals surface area (Å²) in [6.45, 7) is 1.99. The standard InChI is InChI=1S/C14H17F2N3O/c1-10(2)19-9-17-7-12(19)8-18-11-3-5-13(6-4-11)20-14(15)16/h3-7,9-10,14,18H,8H2,1-2H3. The molecule has 0 atom stereocenters. The first-order chi connectivity index (χ1) is 9.56. The molecule has 6 heteroatoms. The van der Waals surface area contributed by atoms with Crippen LogP contribution in [-0.2, 0) is 6.54 Å². The number of imidazole rings is 1. The third kappa shape index (κ3) is 3.69. The van der Waals surface area contributed by atoms with Crippen LogP contribution < -0.4 is 10.1 Å². The minimum atomic E-state index is -2.80. The highest BCUT2D eigenvalue weighted by Gasteiger charge is 2.06. The lowest BCUT2D eigenvalue weighted by molar-refractivity contribution is -0.0498. The molecule has 4 nitrogen and oxygen atoms in total. The molecule has 0 aliphatic carbocycles. The molecule has 1 aromatic heterocycles.